The lowest BCUT2D eigenvalue weighted by atomic mass is 10.0. The van der Waals surface area contributed by atoms with Crippen LogP contribution >= 0.6 is 0 Å². The standard InChI is InChI=1S/C25H36F3N5O6/c1-13(2)20(31-15(4)34)24(39)33-18(12-16-8-6-5-7-9-16)23(38)30-14(3)22(37)32-17(10-11-19(29)35)21(36)25(26,27)28/h5-9,13-14,17-18,20-21,36H,10-12H2,1-4H3,(H2,29,35)(H,30,38)(H,31,34)(H,32,37)(H,33,39)/t14-,17-,18-,20-,21?/m0/s1. The summed E-state index contributed by atoms with van der Waals surface area (Å²) in [5.74, 6) is -4.23. The molecule has 0 aliphatic carbocycles. The maximum atomic E-state index is 13.1. The summed E-state index contributed by atoms with van der Waals surface area (Å²) in [6.45, 7) is 5.84. The average Bonchev–Trinajstić information content (AvgIpc) is 2.83. The number of hydrogen-bond acceptors (Lipinski definition) is 6. The second-order valence-corrected chi connectivity index (χ2v) is 9.51. The van der Waals surface area contributed by atoms with Gasteiger partial charge in [0, 0.05) is 19.8 Å². The minimum Gasteiger partial charge on any atom is -0.382 e. The van der Waals surface area contributed by atoms with Crippen LogP contribution in [0.25, 0.3) is 0 Å². The molecule has 14 heteroatoms. The molecular formula is C25H36F3N5O6. The summed E-state index contributed by atoms with van der Waals surface area (Å²) in [4.78, 5) is 61.3. The van der Waals surface area contributed by atoms with Gasteiger partial charge >= 0.3 is 6.18 Å². The zero-order chi connectivity index (χ0) is 29.9. The van der Waals surface area contributed by atoms with E-state index in [0.29, 0.717) is 5.56 Å². The van der Waals surface area contributed by atoms with Crippen LogP contribution in [0.3, 0.4) is 0 Å². The molecule has 11 nitrogen and oxygen atoms in total. The molecule has 1 aromatic rings. The summed E-state index contributed by atoms with van der Waals surface area (Å²) in [7, 11) is 0. The van der Waals surface area contributed by atoms with Crippen LogP contribution in [0.5, 0.6) is 0 Å². The Labute approximate surface area is 224 Å². The highest BCUT2D eigenvalue weighted by Crippen LogP contribution is 2.24. The van der Waals surface area contributed by atoms with Crippen LogP contribution in [0.15, 0.2) is 30.3 Å². The predicted molar refractivity (Wildman–Crippen MR) is 135 cm³/mol. The molecule has 1 aromatic carbocycles. The van der Waals surface area contributed by atoms with Crippen LogP contribution in [0.1, 0.15) is 46.1 Å². The Hall–Kier alpha value is -3.68. The maximum Gasteiger partial charge on any atom is 0.416 e. The first-order chi connectivity index (χ1) is 18.0. The van der Waals surface area contributed by atoms with Crippen molar-refractivity contribution in [1.29, 1.82) is 0 Å². The Kier molecular flexibility index (Phi) is 12.9. The lowest BCUT2D eigenvalue weighted by Crippen LogP contribution is -2.59. The third-order valence-electron chi connectivity index (χ3n) is 5.72. The smallest absolute Gasteiger partial charge is 0.382 e. The zero-order valence-electron chi connectivity index (χ0n) is 22.2. The normalized spacial score (nSPS) is 15.3. The number of amides is 5. The molecule has 0 saturated heterocycles. The van der Waals surface area contributed by atoms with Gasteiger partial charge in [0.05, 0.1) is 6.04 Å². The van der Waals surface area contributed by atoms with Gasteiger partial charge in [-0.05, 0) is 24.8 Å². The van der Waals surface area contributed by atoms with Gasteiger partial charge in [-0.3, -0.25) is 24.0 Å². The number of hydrogen-bond donors (Lipinski definition) is 6. The third kappa shape index (κ3) is 11.7. The van der Waals surface area contributed by atoms with E-state index >= 15 is 0 Å². The average molecular weight is 560 g/mol. The summed E-state index contributed by atoms with van der Waals surface area (Å²) in [6.07, 6.45) is -9.18. The number of nitrogens with one attached hydrogen (secondary N) is 4. The number of carbonyl (C=O) groups excluding carboxylic acids is 5. The van der Waals surface area contributed by atoms with Crippen LogP contribution in [0.4, 0.5) is 13.2 Å². The van der Waals surface area contributed by atoms with Gasteiger partial charge in [-0.1, -0.05) is 44.2 Å². The minimum absolute atomic E-state index is 0.00562. The summed E-state index contributed by atoms with van der Waals surface area (Å²) in [6, 6.07) is 3.15. The van der Waals surface area contributed by atoms with Gasteiger partial charge in [0.1, 0.15) is 18.1 Å². The van der Waals surface area contributed by atoms with Gasteiger partial charge in [0.25, 0.3) is 0 Å². The molecule has 0 aromatic heterocycles. The third-order valence-corrected chi connectivity index (χ3v) is 5.72. The highest BCUT2D eigenvalue weighted by Gasteiger charge is 2.44. The first kappa shape index (κ1) is 33.3. The second kappa shape index (κ2) is 15.0. The number of alkyl halides is 3. The molecule has 0 bridgehead atoms. The van der Waals surface area contributed by atoms with Gasteiger partial charge in [0.15, 0.2) is 6.10 Å². The highest BCUT2D eigenvalue weighted by atomic mass is 19.4. The van der Waals surface area contributed by atoms with E-state index in [2.05, 4.69) is 16.0 Å². The Morgan fingerprint density at radius 1 is 0.897 bits per heavy atom. The summed E-state index contributed by atoms with van der Waals surface area (Å²) < 4.78 is 39.2. The Bertz CT molecular complexity index is 1010. The summed E-state index contributed by atoms with van der Waals surface area (Å²) in [5, 5.41) is 19.1. The molecule has 0 aliphatic heterocycles. The molecule has 0 aliphatic rings. The molecular weight excluding hydrogens is 523 g/mol. The van der Waals surface area contributed by atoms with Crippen molar-refractivity contribution in [2.45, 2.75) is 83.4 Å². The molecule has 1 unspecified atom stereocenters. The number of nitrogens with two attached hydrogens (primary N) is 1. The lowest BCUT2D eigenvalue weighted by molar-refractivity contribution is -0.212. The van der Waals surface area contributed by atoms with Gasteiger partial charge in [-0.15, -0.1) is 0 Å². The summed E-state index contributed by atoms with van der Waals surface area (Å²) in [5.41, 5.74) is 5.64. The van der Waals surface area contributed by atoms with E-state index < -0.39 is 78.8 Å². The maximum absolute atomic E-state index is 13.1. The lowest BCUT2D eigenvalue weighted by Gasteiger charge is -2.28. The molecule has 7 N–H and O–H groups in total. The van der Waals surface area contributed by atoms with Crippen molar-refractivity contribution < 1.29 is 42.3 Å². The molecule has 0 spiro atoms. The SMILES string of the molecule is CC(=O)N[C@H](C(=O)N[C@@H](Cc1ccccc1)C(=O)N[C@@H](C)C(=O)N[C@@H](CCC(N)=O)C(O)C(F)(F)F)C(C)C. The minimum atomic E-state index is -5.09. The molecule has 39 heavy (non-hydrogen) atoms. The first-order valence-electron chi connectivity index (χ1n) is 12.3. The Morgan fingerprint density at radius 2 is 1.49 bits per heavy atom. The van der Waals surface area contributed by atoms with E-state index in [4.69, 9.17) is 5.73 Å². The van der Waals surface area contributed by atoms with Crippen molar-refractivity contribution in [1.82, 2.24) is 21.3 Å². The van der Waals surface area contributed by atoms with E-state index in [1.807, 2.05) is 5.32 Å². The first-order valence-corrected chi connectivity index (χ1v) is 12.3. The summed E-state index contributed by atoms with van der Waals surface area (Å²) >= 11 is 0. The van der Waals surface area contributed by atoms with Crippen LogP contribution in [-0.4, -0.2) is 71.1 Å². The van der Waals surface area contributed by atoms with Gasteiger partial charge in [-0.25, -0.2) is 0 Å². The molecule has 5 atom stereocenters. The van der Waals surface area contributed by atoms with E-state index in [1.54, 1.807) is 44.2 Å². The Balaban J connectivity index is 3.06. The van der Waals surface area contributed by atoms with Gasteiger partial charge in [0.2, 0.25) is 29.5 Å². The number of aliphatic hydroxyl groups is 1. The fourth-order valence-corrected chi connectivity index (χ4v) is 3.60. The van der Waals surface area contributed by atoms with Crippen molar-refractivity contribution in [2.24, 2.45) is 11.7 Å². The van der Waals surface area contributed by atoms with Crippen molar-refractivity contribution in [2.75, 3.05) is 0 Å². The Morgan fingerprint density at radius 3 is 1.97 bits per heavy atom. The van der Waals surface area contributed by atoms with E-state index in [0.717, 1.165) is 0 Å². The number of benzene rings is 1. The van der Waals surface area contributed by atoms with E-state index in [-0.39, 0.29) is 12.3 Å². The van der Waals surface area contributed by atoms with Gasteiger partial charge in [-0.2, -0.15) is 13.2 Å². The second-order valence-electron chi connectivity index (χ2n) is 9.51. The van der Waals surface area contributed by atoms with Crippen molar-refractivity contribution in [3.05, 3.63) is 35.9 Å². The van der Waals surface area contributed by atoms with Crippen LogP contribution in [0.2, 0.25) is 0 Å². The molecule has 1 rings (SSSR count). The van der Waals surface area contributed by atoms with Gasteiger partial charge < -0.3 is 32.1 Å². The zero-order valence-corrected chi connectivity index (χ0v) is 22.2. The quantitative estimate of drug-likeness (QED) is 0.187. The highest BCUT2D eigenvalue weighted by molar-refractivity contribution is 5.94. The number of primary amides is 1. The molecule has 0 saturated carbocycles. The number of rotatable bonds is 14. The van der Waals surface area contributed by atoms with Crippen molar-refractivity contribution in [3.63, 3.8) is 0 Å². The number of halogens is 3. The molecule has 0 fully saturated rings. The van der Waals surface area contributed by atoms with Crippen LogP contribution in [0, 0.1) is 5.92 Å². The monoisotopic (exact) mass is 559 g/mol. The van der Waals surface area contributed by atoms with Crippen LogP contribution in [-0.2, 0) is 30.4 Å². The van der Waals surface area contributed by atoms with E-state index in [9.17, 15) is 42.3 Å². The number of carbonyl (C=O) groups is 5. The van der Waals surface area contributed by atoms with Crippen molar-refractivity contribution in [3.8, 4) is 0 Å². The molecule has 0 radical (unpaired) electrons. The molecule has 0 heterocycles. The van der Waals surface area contributed by atoms with Crippen molar-refractivity contribution >= 4 is 29.5 Å². The largest absolute Gasteiger partial charge is 0.416 e. The topological polar surface area (TPSA) is 180 Å². The fraction of sp³-hybridized carbons (Fsp3) is 0.560. The van der Waals surface area contributed by atoms with Crippen LogP contribution < -0.4 is 27.0 Å². The molecule has 5 amide bonds. The number of aliphatic hydroxyl groups excluding tert-OH is 1. The predicted octanol–water partition coefficient (Wildman–Crippen LogP) is 0.0528. The van der Waals surface area contributed by atoms with E-state index in [1.165, 1.54) is 13.8 Å². The fourth-order valence-electron chi connectivity index (χ4n) is 3.60. The molecule has 218 valence electrons.